The highest BCUT2D eigenvalue weighted by Gasteiger charge is 2.21. The number of nitrogens with zero attached hydrogens (tertiary/aromatic N) is 1. The third-order valence-corrected chi connectivity index (χ3v) is 4.46. The van der Waals surface area contributed by atoms with Crippen LogP contribution in [0.5, 0.6) is 0 Å². The van der Waals surface area contributed by atoms with Gasteiger partial charge in [0.15, 0.2) is 0 Å². The highest BCUT2D eigenvalue weighted by Crippen LogP contribution is 2.24. The van der Waals surface area contributed by atoms with Crippen LogP contribution in [0.15, 0.2) is 29.2 Å². The normalized spacial score (nSPS) is 19.6. The number of para-hydroxylation sites is 1. The molecule has 0 bridgehead atoms. The van der Waals surface area contributed by atoms with Crippen molar-refractivity contribution in [2.45, 2.75) is 30.7 Å². The molecule has 3 N–H and O–H groups in total. The Balaban J connectivity index is 2.27. The second-order valence-electron chi connectivity index (χ2n) is 4.84. The Hall–Kier alpha value is -1.11. The van der Waals surface area contributed by atoms with Crippen molar-refractivity contribution < 1.29 is 8.42 Å². The van der Waals surface area contributed by atoms with Crippen molar-refractivity contribution in [3.8, 4) is 0 Å². The summed E-state index contributed by atoms with van der Waals surface area (Å²) in [5, 5.41) is 8.72. The van der Waals surface area contributed by atoms with E-state index >= 15 is 0 Å². The van der Waals surface area contributed by atoms with Crippen molar-refractivity contribution in [3.05, 3.63) is 24.3 Å². The predicted molar refractivity (Wildman–Crippen MR) is 76.7 cm³/mol. The zero-order valence-corrected chi connectivity index (χ0v) is 12.0. The Kier molecular flexibility index (Phi) is 4.44. The molecule has 0 spiro atoms. The molecule has 0 radical (unpaired) electrons. The average molecular weight is 283 g/mol. The molecule has 2 rings (SSSR count). The highest BCUT2D eigenvalue weighted by molar-refractivity contribution is 7.89. The number of hydrogen-bond acceptors (Lipinski definition) is 4. The number of nitrogens with two attached hydrogens (primary N) is 1. The summed E-state index contributed by atoms with van der Waals surface area (Å²) >= 11 is 0. The lowest BCUT2D eigenvalue weighted by Crippen LogP contribution is -2.38. The van der Waals surface area contributed by atoms with Gasteiger partial charge in [0.2, 0.25) is 10.0 Å². The third-order valence-electron chi connectivity index (χ3n) is 3.50. The van der Waals surface area contributed by atoms with Crippen molar-refractivity contribution in [1.82, 2.24) is 5.32 Å². The lowest BCUT2D eigenvalue weighted by Gasteiger charge is -2.28. The van der Waals surface area contributed by atoms with Crippen LogP contribution in [-0.4, -0.2) is 34.1 Å². The van der Waals surface area contributed by atoms with Gasteiger partial charge in [-0.05, 0) is 38.4 Å². The van der Waals surface area contributed by atoms with Gasteiger partial charge < -0.3 is 10.2 Å². The lowest BCUT2D eigenvalue weighted by atomic mass is 10.2. The van der Waals surface area contributed by atoms with E-state index < -0.39 is 10.0 Å². The summed E-state index contributed by atoms with van der Waals surface area (Å²) in [6.07, 6.45) is 2.31. The van der Waals surface area contributed by atoms with E-state index in [1.54, 1.807) is 12.1 Å². The van der Waals surface area contributed by atoms with Crippen molar-refractivity contribution >= 4 is 15.7 Å². The van der Waals surface area contributed by atoms with Crippen molar-refractivity contribution in [3.63, 3.8) is 0 Å². The Morgan fingerprint density at radius 1 is 1.42 bits per heavy atom. The Morgan fingerprint density at radius 3 is 2.74 bits per heavy atom. The van der Waals surface area contributed by atoms with Crippen LogP contribution in [0.3, 0.4) is 0 Å². The summed E-state index contributed by atoms with van der Waals surface area (Å²) in [6.45, 7) is 4.63. The van der Waals surface area contributed by atoms with Gasteiger partial charge >= 0.3 is 0 Å². The predicted octanol–water partition coefficient (Wildman–Crippen LogP) is 0.912. The summed E-state index contributed by atoms with van der Waals surface area (Å²) in [4.78, 5) is 2.28. The first kappa shape index (κ1) is 14.3. The van der Waals surface area contributed by atoms with Crippen molar-refractivity contribution in [2.75, 3.05) is 24.5 Å². The van der Waals surface area contributed by atoms with E-state index in [0.29, 0.717) is 11.7 Å². The van der Waals surface area contributed by atoms with E-state index in [4.69, 9.17) is 5.14 Å². The SMILES string of the molecule is CCN(CC1CCCN1)c1ccccc1S(N)(=O)=O. The Labute approximate surface area is 114 Å². The zero-order chi connectivity index (χ0) is 13.9. The molecule has 1 unspecified atom stereocenters. The van der Waals surface area contributed by atoms with Gasteiger partial charge in [0.25, 0.3) is 0 Å². The first-order chi connectivity index (χ1) is 9.02. The van der Waals surface area contributed by atoms with Crippen LogP contribution in [-0.2, 0) is 10.0 Å². The number of hydrogen-bond donors (Lipinski definition) is 2. The first-order valence-corrected chi connectivity index (χ1v) is 8.17. The number of anilines is 1. The summed E-state index contributed by atoms with van der Waals surface area (Å²) < 4.78 is 23.3. The second kappa shape index (κ2) is 5.90. The van der Waals surface area contributed by atoms with Crippen LogP contribution < -0.4 is 15.4 Å². The summed E-state index contributed by atoms with van der Waals surface area (Å²) in [5.41, 5.74) is 0.696. The maximum absolute atomic E-state index is 11.6. The molecule has 1 saturated heterocycles. The minimum atomic E-state index is -3.68. The van der Waals surface area contributed by atoms with Crippen LogP contribution in [0.2, 0.25) is 0 Å². The van der Waals surface area contributed by atoms with E-state index in [-0.39, 0.29) is 4.90 Å². The molecular formula is C13H21N3O2S. The minimum absolute atomic E-state index is 0.204. The van der Waals surface area contributed by atoms with E-state index in [2.05, 4.69) is 10.2 Å². The lowest BCUT2D eigenvalue weighted by molar-refractivity contribution is 0.580. The van der Waals surface area contributed by atoms with Gasteiger partial charge in [0, 0.05) is 19.1 Å². The van der Waals surface area contributed by atoms with Gasteiger partial charge in [-0.15, -0.1) is 0 Å². The van der Waals surface area contributed by atoms with E-state index in [1.165, 1.54) is 6.42 Å². The molecule has 1 aliphatic rings. The molecule has 0 aliphatic carbocycles. The molecule has 0 aromatic heterocycles. The molecule has 5 nitrogen and oxygen atoms in total. The molecule has 1 aromatic rings. The van der Waals surface area contributed by atoms with Crippen LogP contribution in [0.25, 0.3) is 0 Å². The number of nitrogens with one attached hydrogen (secondary N) is 1. The Bertz CT molecular complexity index is 524. The number of primary sulfonamides is 1. The molecule has 1 fully saturated rings. The van der Waals surface area contributed by atoms with Crippen LogP contribution in [0, 0.1) is 0 Å². The van der Waals surface area contributed by atoms with Crippen molar-refractivity contribution in [2.24, 2.45) is 5.14 Å². The average Bonchev–Trinajstić information content (AvgIpc) is 2.88. The van der Waals surface area contributed by atoms with E-state index in [1.807, 2.05) is 19.1 Å². The molecule has 1 aromatic carbocycles. The largest absolute Gasteiger partial charge is 0.369 e. The van der Waals surface area contributed by atoms with Gasteiger partial charge in [0.05, 0.1) is 5.69 Å². The fourth-order valence-corrected chi connectivity index (χ4v) is 3.29. The van der Waals surface area contributed by atoms with E-state index in [0.717, 1.165) is 26.1 Å². The fourth-order valence-electron chi connectivity index (χ4n) is 2.54. The summed E-state index contributed by atoms with van der Waals surface area (Å²) in [5.74, 6) is 0. The zero-order valence-electron chi connectivity index (χ0n) is 11.2. The van der Waals surface area contributed by atoms with Gasteiger partial charge in [-0.2, -0.15) is 0 Å². The van der Waals surface area contributed by atoms with Crippen LogP contribution in [0.1, 0.15) is 19.8 Å². The standard InChI is InChI=1S/C13H21N3O2S/c1-2-16(10-11-6-5-9-15-11)12-7-3-4-8-13(12)19(14,17)18/h3-4,7-8,11,15H,2,5-6,9-10H2,1H3,(H2,14,17,18). The molecule has 6 heteroatoms. The van der Waals surface area contributed by atoms with Gasteiger partial charge in [-0.3, -0.25) is 0 Å². The van der Waals surface area contributed by atoms with Crippen LogP contribution in [0.4, 0.5) is 5.69 Å². The molecule has 0 saturated carbocycles. The van der Waals surface area contributed by atoms with Gasteiger partial charge in [-0.1, -0.05) is 12.1 Å². The topological polar surface area (TPSA) is 75.4 Å². The number of benzene rings is 1. The smallest absolute Gasteiger partial charge is 0.240 e. The maximum atomic E-state index is 11.6. The molecule has 1 atom stereocenters. The molecule has 1 aliphatic heterocycles. The Morgan fingerprint density at radius 2 is 2.16 bits per heavy atom. The van der Waals surface area contributed by atoms with Gasteiger partial charge in [-0.25, -0.2) is 13.6 Å². The maximum Gasteiger partial charge on any atom is 0.240 e. The third kappa shape index (κ3) is 3.46. The van der Waals surface area contributed by atoms with Crippen molar-refractivity contribution in [1.29, 1.82) is 0 Å². The highest BCUT2D eigenvalue weighted by atomic mass is 32.2. The molecular weight excluding hydrogens is 262 g/mol. The molecule has 0 amide bonds. The fraction of sp³-hybridized carbons (Fsp3) is 0.538. The van der Waals surface area contributed by atoms with Gasteiger partial charge in [0.1, 0.15) is 4.90 Å². The quantitative estimate of drug-likeness (QED) is 0.842. The monoisotopic (exact) mass is 283 g/mol. The molecule has 19 heavy (non-hydrogen) atoms. The number of rotatable bonds is 5. The van der Waals surface area contributed by atoms with E-state index in [9.17, 15) is 8.42 Å². The van der Waals surface area contributed by atoms with Crippen LogP contribution >= 0.6 is 0 Å². The molecule has 106 valence electrons. The first-order valence-electron chi connectivity index (χ1n) is 6.62. The number of sulfonamides is 1. The molecule has 1 heterocycles. The summed E-state index contributed by atoms with van der Waals surface area (Å²) in [7, 11) is -3.68. The minimum Gasteiger partial charge on any atom is -0.369 e. The summed E-state index contributed by atoms with van der Waals surface area (Å²) in [6, 6.07) is 7.35. The second-order valence-corrected chi connectivity index (χ2v) is 6.37. The number of likely N-dealkylation sites (N-methyl/N-ethyl adjacent to an activating group) is 1.